The Morgan fingerprint density at radius 2 is 1.81 bits per heavy atom. The van der Waals surface area contributed by atoms with E-state index in [1.54, 1.807) is 24.3 Å². The summed E-state index contributed by atoms with van der Waals surface area (Å²) in [6.45, 7) is 2.02. The highest BCUT2D eigenvalue weighted by molar-refractivity contribution is 6.30. The van der Waals surface area contributed by atoms with Crippen LogP contribution in [-0.2, 0) is 6.61 Å². The zero-order valence-corrected chi connectivity index (χ0v) is 14.8. The second-order valence-corrected chi connectivity index (χ2v) is 6.19. The van der Waals surface area contributed by atoms with E-state index in [0.29, 0.717) is 16.5 Å². The molecule has 0 bridgehead atoms. The maximum absolute atomic E-state index is 12.9. The van der Waals surface area contributed by atoms with Gasteiger partial charge < -0.3 is 14.5 Å². The van der Waals surface area contributed by atoms with Crippen LogP contribution in [0.25, 0.3) is 0 Å². The summed E-state index contributed by atoms with van der Waals surface area (Å²) < 4.78 is 23.9. The lowest BCUT2D eigenvalue weighted by Crippen LogP contribution is -2.26. The maximum atomic E-state index is 12.9. The first kappa shape index (κ1) is 18.0. The summed E-state index contributed by atoms with van der Waals surface area (Å²) in [4.78, 5) is 12.3. The van der Waals surface area contributed by atoms with Crippen molar-refractivity contribution < 1.29 is 18.3 Å². The maximum Gasteiger partial charge on any atom is 0.287 e. The number of hydrogen-bond acceptors (Lipinski definition) is 3. The van der Waals surface area contributed by atoms with Crippen LogP contribution in [0.1, 0.15) is 34.8 Å². The van der Waals surface area contributed by atoms with Crippen LogP contribution in [0, 0.1) is 5.82 Å². The van der Waals surface area contributed by atoms with Crippen LogP contribution in [0.4, 0.5) is 4.39 Å². The fourth-order valence-electron chi connectivity index (χ4n) is 2.37. The highest BCUT2D eigenvalue weighted by Gasteiger charge is 2.15. The fourth-order valence-corrected chi connectivity index (χ4v) is 2.49. The molecule has 1 N–H and O–H groups in total. The second-order valence-electron chi connectivity index (χ2n) is 5.76. The summed E-state index contributed by atoms with van der Waals surface area (Å²) in [5.74, 6) is 0.567. The Bertz CT molecular complexity index is 875. The van der Waals surface area contributed by atoms with Gasteiger partial charge in [0.2, 0.25) is 0 Å². The molecule has 4 nitrogen and oxygen atoms in total. The first-order valence-electron chi connectivity index (χ1n) is 8.04. The van der Waals surface area contributed by atoms with Gasteiger partial charge in [-0.25, -0.2) is 4.39 Å². The number of carbonyl (C=O) groups is 1. The van der Waals surface area contributed by atoms with E-state index in [1.165, 1.54) is 24.3 Å². The van der Waals surface area contributed by atoms with Crippen LogP contribution in [0.2, 0.25) is 5.02 Å². The number of benzene rings is 2. The van der Waals surface area contributed by atoms with Gasteiger partial charge in [0.05, 0.1) is 6.04 Å². The van der Waals surface area contributed by atoms with Crippen molar-refractivity contribution in [3.8, 4) is 5.75 Å². The van der Waals surface area contributed by atoms with Gasteiger partial charge in [0, 0.05) is 5.02 Å². The van der Waals surface area contributed by atoms with Gasteiger partial charge >= 0.3 is 0 Å². The highest BCUT2D eigenvalue weighted by Crippen LogP contribution is 2.18. The number of hydrogen-bond donors (Lipinski definition) is 1. The summed E-state index contributed by atoms with van der Waals surface area (Å²) >= 11 is 5.87. The quantitative estimate of drug-likeness (QED) is 0.650. The van der Waals surface area contributed by atoms with E-state index in [0.717, 1.165) is 5.56 Å². The standard InChI is InChI=1S/C20H17ClFNO3/c1-13(14-2-4-15(21)5-3-14)23-20(24)19-11-10-18(26-19)12-25-17-8-6-16(22)7-9-17/h2-11,13H,12H2,1H3,(H,23,24). The highest BCUT2D eigenvalue weighted by atomic mass is 35.5. The Balaban J connectivity index is 1.57. The van der Waals surface area contributed by atoms with Gasteiger partial charge in [0.25, 0.3) is 5.91 Å². The van der Waals surface area contributed by atoms with Crippen molar-refractivity contribution >= 4 is 17.5 Å². The molecule has 0 saturated heterocycles. The Labute approximate surface area is 155 Å². The van der Waals surface area contributed by atoms with Gasteiger partial charge in [0.15, 0.2) is 5.76 Å². The molecule has 0 saturated carbocycles. The number of halogens is 2. The molecular formula is C20H17ClFNO3. The molecule has 0 aliphatic heterocycles. The molecule has 3 rings (SSSR count). The van der Waals surface area contributed by atoms with Crippen molar-refractivity contribution in [1.82, 2.24) is 5.32 Å². The predicted octanol–water partition coefficient (Wildman–Crippen LogP) is 5.14. The van der Waals surface area contributed by atoms with Crippen LogP contribution >= 0.6 is 11.6 Å². The first-order valence-corrected chi connectivity index (χ1v) is 8.42. The lowest BCUT2D eigenvalue weighted by Gasteiger charge is -2.13. The van der Waals surface area contributed by atoms with Gasteiger partial charge in [-0.1, -0.05) is 23.7 Å². The molecule has 0 spiro atoms. The Hall–Kier alpha value is -2.79. The number of nitrogens with one attached hydrogen (secondary N) is 1. The number of amides is 1. The Kier molecular flexibility index (Phi) is 5.58. The average Bonchev–Trinajstić information content (AvgIpc) is 3.11. The summed E-state index contributed by atoms with van der Waals surface area (Å²) in [5, 5.41) is 3.51. The predicted molar refractivity (Wildman–Crippen MR) is 96.8 cm³/mol. The minimum absolute atomic E-state index is 0.144. The molecule has 0 radical (unpaired) electrons. The Morgan fingerprint density at radius 1 is 1.12 bits per heavy atom. The molecule has 6 heteroatoms. The summed E-state index contributed by atoms with van der Waals surface area (Å²) in [5.41, 5.74) is 0.939. The third kappa shape index (κ3) is 4.64. The lowest BCUT2D eigenvalue weighted by atomic mass is 10.1. The SMILES string of the molecule is CC(NC(=O)c1ccc(COc2ccc(F)cc2)o1)c1ccc(Cl)cc1. The van der Waals surface area contributed by atoms with E-state index in [-0.39, 0.29) is 30.1 Å². The van der Waals surface area contributed by atoms with Crippen LogP contribution in [0.15, 0.2) is 65.1 Å². The average molecular weight is 374 g/mol. The topological polar surface area (TPSA) is 51.5 Å². The lowest BCUT2D eigenvalue weighted by molar-refractivity contribution is 0.0907. The van der Waals surface area contributed by atoms with Gasteiger partial charge in [-0.2, -0.15) is 0 Å². The van der Waals surface area contributed by atoms with Crippen molar-refractivity contribution in [1.29, 1.82) is 0 Å². The van der Waals surface area contributed by atoms with E-state index in [4.69, 9.17) is 20.8 Å². The van der Waals surface area contributed by atoms with Gasteiger partial charge in [-0.05, 0) is 61.0 Å². The summed E-state index contributed by atoms with van der Waals surface area (Å²) in [7, 11) is 0. The van der Waals surface area contributed by atoms with E-state index in [9.17, 15) is 9.18 Å². The zero-order valence-electron chi connectivity index (χ0n) is 14.0. The molecule has 1 atom stereocenters. The van der Waals surface area contributed by atoms with E-state index in [2.05, 4.69) is 5.32 Å². The van der Waals surface area contributed by atoms with Crippen LogP contribution in [0.5, 0.6) is 5.75 Å². The molecule has 3 aromatic rings. The van der Waals surface area contributed by atoms with Gasteiger partial charge in [-0.15, -0.1) is 0 Å². The molecule has 1 aromatic heterocycles. The van der Waals surface area contributed by atoms with E-state index < -0.39 is 0 Å². The molecular weight excluding hydrogens is 357 g/mol. The third-order valence-electron chi connectivity index (χ3n) is 3.80. The summed E-state index contributed by atoms with van der Waals surface area (Å²) in [6, 6.07) is 16.0. The van der Waals surface area contributed by atoms with Crippen molar-refractivity contribution in [2.75, 3.05) is 0 Å². The minimum Gasteiger partial charge on any atom is -0.486 e. The monoisotopic (exact) mass is 373 g/mol. The number of rotatable bonds is 6. The largest absolute Gasteiger partial charge is 0.486 e. The molecule has 26 heavy (non-hydrogen) atoms. The van der Waals surface area contributed by atoms with Crippen molar-refractivity contribution in [2.24, 2.45) is 0 Å². The second kappa shape index (κ2) is 8.06. The molecule has 134 valence electrons. The normalized spacial score (nSPS) is 11.8. The first-order chi connectivity index (χ1) is 12.5. The fraction of sp³-hybridized carbons (Fsp3) is 0.150. The molecule has 2 aromatic carbocycles. The van der Waals surface area contributed by atoms with Crippen LogP contribution in [-0.4, -0.2) is 5.91 Å². The molecule has 1 heterocycles. The third-order valence-corrected chi connectivity index (χ3v) is 4.05. The Morgan fingerprint density at radius 3 is 2.50 bits per heavy atom. The zero-order chi connectivity index (χ0) is 18.5. The van der Waals surface area contributed by atoms with Crippen molar-refractivity contribution in [2.45, 2.75) is 19.6 Å². The van der Waals surface area contributed by atoms with Gasteiger partial charge in [0.1, 0.15) is 23.9 Å². The van der Waals surface area contributed by atoms with Crippen LogP contribution < -0.4 is 10.1 Å². The smallest absolute Gasteiger partial charge is 0.287 e. The molecule has 1 amide bonds. The molecule has 0 aliphatic carbocycles. The van der Waals surface area contributed by atoms with E-state index in [1.807, 2.05) is 19.1 Å². The molecule has 0 fully saturated rings. The molecule has 0 aliphatic rings. The molecule has 1 unspecified atom stereocenters. The van der Waals surface area contributed by atoms with Crippen molar-refractivity contribution in [3.05, 3.63) is 88.6 Å². The van der Waals surface area contributed by atoms with E-state index >= 15 is 0 Å². The minimum atomic E-state index is -0.330. The number of ether oxygens (including phenoxy) is 1. The number of furan rings is 1. The van der Waals surface area contributed by atoms with Crippen molar-refractivity contribution in [3.63, 3.8) is 0 Å². The van der Waals surface area contributed by atoms with Gasteiger partial charge in [-0.3, -0.25) is 4.79 Å². The van der Waals surface area contributed by atoms with Crippen LogP contribution in [0.3, 0.4) is 0 Å². The number of carbonyl (C=O) groups excluding carboxylic acids is 1. The summed E-state index contributed by atoms with van der Waals surface area (Å²) in [6.07, 6.45) is 0.